The highest BCUT2D eigenvalue weighted by Crippen LogP contribution is 2.41. The summed E-state index contributed by atoms with van der Waals surface area (Å²) < 4.78 is 0. The van der Waals surface area contributed by atoms with E-state index in [1.807, 2.05) is 6.07 Å². The molecule has 3 saturated heterocycles. The predicted molar refractivity (Wildman–Crippen MR) is 336 cm³/mol. The number of aliphatic hydroxyl groups excluding tert-OH is 1. The van der Waals surface area contributed by atoms with Crippen molar-refractivity contribution in [2.75, 3.05) is 45.9 Å². The number of nitrogens with two attached hydrogens (primary N) is 7. The van der Waals surface area contributed by atoms with E-state index in [-0.39, 0.29) is 127 Å². The first-order valence-corrected chi connectivity index (χ1v) is 32.0. The third-order valence-corrected chi connectivity index (χ3v) is 18.3. The second kappa shape index (κ2) is 33.4. The van der Waals surface area contributed by atoms with Gasteiger partial charge in [-0.2, -0.15) is 0 Å². The van der Waals surface area contributed by atoms with Gasteiger partial charge in [0.25, 0.3) is 0 Å². The number of thiophene rings is 1. The van der Waals surface area contributed by atoms with Gasteiger partial charge in [-0.05, 0) is 112 Å². The molecule has 11 atom stereocenters. The zero-order chi connectivity index (χ0) is 65.9. The Morgan fingerprint density at radius 2 is 1.20 bits per heavy atom. The number of carbonyl (C=O) groups excluding carboxylic acids is 9. The highest BCUT2D eigenvalue weighted by Gasteiger charge is 2.52. The average molecular weight is 1290 g/mol. The van der Waals surface area contributed by atoms with Crippen LogP contribution in [0.1, 0.15) is 112 Å². The number of amides is 9. The number of hydrogen-bond acceptors (Lipinski definition) is 16. The number of aliphatic hydroxyl groups is 1. The Hall–Kier alpha value is -8.65. The molecule has 7 rings (SSSR count). The lowest BCUT2D eigenvalue weighted by Crippen LogP contribution is -2.63. The van der Waals surface area contributed by atoms with Gasteiger partial charge in [-0.15, -0.1) is 11.3 Å². The fraction of sp³-hybridized carbons (Fsp3) is 0.610. The van der Waals surface area contributed by atoms with Crippen molar-refractivity contribution in [2.45, 2.75) is 176 Å². The Morgan fingerprint density at radius 1 is 0.593 bits per heavy atom. The van der Waals surface area contributed by atoms with Crippen LogP contribution in [-0.2, 0) is 67.3 Å². The normalized spacial score (nSPS) is 21.7. The summed E-state index contributed by atoms with van der Waals surface area (Å²) in [6, 6.07) is -0.380. The van der Waals surface area contributed by atoms with Crippen molar-refractivity contribution in [3.8, 4) is 0 Å². The molecule has 9 amide bonds. The smallest absolute Gasteiger partial charge is 0.326 e. The number of carboxylic acids is 1. The Balaban J connectivity index is 1.01. The molecular weight excluding hydrogens is 1200 g/mol. The van der Waals surface area contributed by atoms with Gasteiger partial charge in [-0.3, -0.25) is 58.1 Å². The second-order valence-electron chi connectivity index (χ2n) is 23.7. The number of carbonyl (C=O) groups is 10. The number of benzene rings is 1. The summed E-state index contributed by atoms with van der Waals surface area (Å²) in [6.45, 7) is -0.751. The number of aliphatic carboxylic acids is 1. The Labute approximate surface area is 531 Å². The number of hydrogen-bond donors (Lipinski definition) is 14. The van der Waals surface area contributed by atoms with E-state index in [1.165, 1.54) is 30.9 Å². The van der Waals surface area contributed by atoms with Crippen LogP contribution in [0, 0.1) is 5.92 Å². The fourth-order valence-corrected chi connectivity index (χ4v) is 13.6. The number of rotatable bonds is 30. The number of nitrogens with zero attached hydrogens (tertiary/aromatic N) is 7. The first kappa shape index (κ1) is 69.8. The van der Waals surface area contributed by atoms with E-state index < -0.39 is 127 Å². The lowest BCUT2D eigenvalue weighted by molar-refractivity contribution is -0.153. The first-order valence-electron chi connectivity index (χ1n) is 31.1. The lowest BCUT2D eigenvalue weighted by atomic mass is 9.84. The first-order chi connectivity index (χ1) is 43.6. The van der Waals surface area contributed by atoms with Gasteiger partial charge in [0, 0.05) is 63.0 Å². The molecule has 21 N–H and O–H groups in total. The number of nitrogens with one attached hydrogen (secondary N) is 5. The quantitative estimate of drug-likeness (QED) is 0.0201. The second-order valence-corrected chi connectivity index (χ2v) is 24.8. The van der Waals surface area contributed by atoms with Crippen molar-refractivity contribution in [2.24, 2.45) is 61.0 Å². The predicted octanol–water partition coefficient (Wildman–Crippen LogP) is -3.99. The Morgan fingerprint density at radius 3 is 1.84 bits per heavy atom. The van der Waals surface area contributed by atoms with Crippen molar-refractivity contribution in [1.82, 2.24) is 46.2 Å². The lowest BCUT2D eigenvalue weighted by Gasteiger charge is -2.42. The van der Waals surface area contributed by atoms with Crippen molar-refractivity contribution in [1.29, 1.82) is 0 Å². The van der Waals surface area contributed by atoms with E-state index in [1.54, 1.807) is 35.7 Å². The summed E-state index contributed by atoms with van der Waals surface area (Å²) in [4.78, 5) is 159. The molecule has 32 heteroatoms. The standard InChI is InChI=1S/C59H89N19O12S/c60-37(15-5-21-67-57(61)62)48(81)72-38(16-6-22-68-58(63)64)52(85)76-25-9-20-44(76)54(87)75-24-8-19-43(75)50(83)70-30-47(80)71-40(29-36-14-10-26-91-36)49(82)74-41(32-79)53(86)77-31-35-13-2-1-11-33(35)27-46(77)55(88)78-42-18-4-3-12-34(42)28-45(78)51(84)73-39(56(89)90)17-7-23-69-59(65)66/h1-2,10-11,13-14,26,34,37-46,79H,3-9,12,15-25,27-32,60H2,(H,70,83)(H,71,80)(H,72,81)(H,73,84)(H,74,82)(H,89,90)(H4,61,62,67)(H4,63,64,68)(H4,65,66,69)/t34-,37+,38-,39-,40-,41-,42-,43-,44-,45-,46+/m0/s1. The third kappa shape index (κ3) is 19.0. The van der Waals surface area contributed by atoms with Crippen molar-refractivity contribution in [3.05, 3.63) is 57.8 Å². The molecule has 91 heavy (non-hydrogen) atoms. The van der Waals surface area contributed by atoms with Gasteiger partial charge < -0.3 is 96.5 Å². The summed E-state index contributed by atoms with van der Waals surface area (Å²) in [7, 11) is 0. The number of guanidine groups is 3. The van der Waals surface area contributed by atoms with Crippen LogP contribution in [-0.4, -0.2) is 213 Å². The van der Waals surface area contributed by atoms with Gasteiger partial charge in [0.2, 0.25) is 53.2 Å². The maximum atomic E-state index is 15.3. The highest BCUT2D eigenvalue weighted by atomic mass is 32.1. The molecule has 1 aromatic carbocycles. The van der Waals surface area contributed by atoms with Gasteiger partial charge in [0.05, 0.1) is 19.2 Å². The summed E-state index contributed by atoms with van der Waals surface area (Å²) in [5.41, 5.74) is 40.4. The van der Waals surface area contributed by atoms with E-state index in [0.717, 1.165) is 24.8 Å². The molecule has 31 nitrogen and oxygen atoms in total. The van der Waals surface area contributed by atoms with Crippen molar-refractivity contribution in [3.63, 3.8) is 0 Å². The van der Waals surface area contributed by atoms with Crippen LogP contribution >= 0.6 is 11.3 Å². The minimum absolute atomic E-state index is 0.00815. The zero-order valence-electron chi connectivity index (χ0n) is 51.1. The van der Waals surface area contributed by atoms with E-state index in [9.17, 15) is 53.4 Å². The Kier molecular flexibility index (Phi) is 25.6. The van der Waals surface area contributed by atoms with Crippen LogP contribution < -0.4 is 66.7 Å². The van der Waals surface area contributed by atoms with Gasteiger partial charge >= 0.3 is 5.97 Å². The SMILES string of the molecule is NC(N)=NCCC[C@@H](N)C(=O)N[C@@H](CCCN=C(N)N)C(=O)N1CCC[C@H]1C(=O)N1CCC[C@H]1C(=O)NCC(=O)N[C@@H](Cc1cccs1)C(=O)N[C@@H](CO)C(=O)N1Cc2ccccc2C[C@@H]1C(=O)N1[C@H](C(=O)N[C@@H](CCCN=C(N)N)C(=O)O)C[C@@H]2CCCC[C@@H]21. The minimum atomic E-state index is -1.64. The summed E-state index contributed by atoms with van der Waals surface area (Å²) in [6.07, 6.45) is 5.87. The van der Waals surface area contributed by atoms with Crippen LogP contribution in [0.25, 0.3) is 0 Å². The molecule has 0 spiro atoms. The molecule has 5 heterocycles. The van der Waals surface area contributed by atoms with Crippen LogP contribution in [0.15, 0.2) is 56.8 Å². The van der Waals surface area contributed by atoms with Crippen molar-refractivity contribution >= 4 is 88.3 Å². The summed E-state index contributed by atoms with van der Waals surface area (Å²) >= 11 is 1.30. The molecule has 5 aliphatic rings. The molecule has 0 bridgehead atoms. The van der Waals surface area contributed by atoms with Gasteiger partial charge in [-0.25, -0.2) is 4.79 Å². The highest BCUT2D eigenvalue weighted by molar-refractivity contribution is 7.09. The molecule has 1 aromatic heterocycles. The van der Waals surface area contributed by atoms with Crippen LogP contribution in [0.4, 0.5) is 0 Å². The third-order valence-electron chi connectivity index (χ3n) is 17.4. The van der Waals surface area contributed by atoms with Gasteiger partial charge in [0.1, 0.15) is 48.3 Å². The van der Waals surface area contributed by atoms with E-state index in [2.05, 4.69) is 41.6 Å². The van der Waals surface area contributed by atoms with Crippen LogP contribution in [0.3, 0.4) is 0 Å². The fourth-order valence-electron chi connectivity index (χ4n) is 12.9. The van der Waals surface area contributed by atoms with Crippen molar-refractivity contribution < 1.29 is 58.2 Å². The molecule has 1 saturated carbocycles. The molecule has 4 aliphatic heterocycles. The molecule has 2 aromatic rings. The largest absolute Gasteiger partial charge is 0.480 e. The summed E-state index contributed by atoms with van der Waals surface area (Å²) in [5, 5.41) is 36.1. The van der Waals surface area contributed by atoms with Crippen LogP contribution in [0.2, 0.25) is 0 Å². The minimum Gasteiger partial charge on any atom is -0.480 e. The maximum absolute atomic E-state index is 15.3. The summed E-state index contributed by atoms with van der Waals surface area (Å²) in [5.74, 6) is -7.70. The number of likely N-dealkylation sites (tertiary alicyclic amines) is 3. The monoisotopic (exact) mass is 1290 g/mol. The molecule has 4 fully saturated rings. The average Bonchev–Trinajstić information content (AvgIpc) is 1.80. The van der Waals surface area contributed by atoms with E-state index in [4.69, 9.17) is 40.1 Å². The van der Waals surface area contributed by atoms with Crippen LogP contribution in [0.5, 0.6) is 0 Å². The molecule has 0 unspecified atom stereocenters. The number of carboxylic acid groups (broad SMARTS) is 1. The number of fused-ring (bicyclic) bond motifs is 2. The van der Waals surface area contributed by atoms with Gasteiger partial charge in [-0.1, -0.05) is 43.2 Å². The Bertz CT molecular complexity index is 3010. The molecule has 0 radical (unpaired) electrons. The van der Waals surface area contributed by atoms with E-state index >= 15 is 4.79 Å². The zero-order valence-corrected chi connectivity index (χ0v) is 51.9. The molecule has 1 aliphatic carbocycles. The topological polar surface area (TPSA) is 503 Å². The van der Waals surface area contributed by atoms with E-state index in [0.29, 0.717) is 42.5 Å². The molecule has 498 valence electrons. The molecular formula is C59H89N19O12S. The maximum Gasteiger partial charge on any atom is 0.326 e. The van der Waals surface area contributed by atoms with Gasteiger partial charge in [0.15, 0.2) is 17.9 Å². The number of aliphatic imine (C=N–C) groups is 3.